The first kappa shape index (κ1) is 23.3. The summed E-state index contributed by atoms with van der Waals surface area (Å²) in [7, 11) is -4.05. The number of nitrogens with zero attached hydrogens (tertiary/aromatic N) is 1. The van der Waals surface area contributed by atoms with E-state index in [0.717, 1.165) is 18.4 Å². The van der Waals surface area contributed by atoms with Crippen LogP contribution >= 0.6 is 0 Å². The van der Waals surface area contributed by atoms with Crippen LogP contribution in [-0.4, -0.2) is 48.8 Å². The molecule has 0 spiro atoms. The molecule has 2 aromatic rings. The van der Waals surface area contributed by atoms with Crippen molar-refractivity contribution < 1.29 is 23.1 Å². The molecule has 0 unspecified atom stereocenters. The highest BCUT2D eigenvalue weighted by Gasteiger charge is 2.53. The highest BCUT2D eigenvalue weighted by atomic mass is 32.2. The number of sulfone groups is 1. The zero-order valence-corrected chi connectivity index (χ0v) is 19.0. The second-order valence-corrected chi connectivity index (χ2v) is 10.5. The van der Waals surface area contributed by atoms with E-state index in [1.54, 1.807) is 12.1 Å². The maximum atomic E-state index is 13.4. The van der Waals surface area contributed by atoms with Crippen molar-refractivity contribution in [2.24, 2.45) is 0 Å². The van der Waals surface area contributed by atoms with Gasteiger partial charge in [0.25, 0.3) is 0 Å². The van der Waals surface area contributed by atoms with Crippen molar-refractivity contribution in [2.75, 3.05) is 19.7 Å². The monoisotopic (exact) mass is 445 g/mol. The Morgan fingerprint density at radius 3 is 2.23 bits per heavy atom. The lowest BCUT2D eigenvalue weighted by atomic mass is 9.95. The molecule has 1 saturated heterocycles. The number of likely N-dealkylation sites (tertiary alicyclic amines) is 1. The SMILES string of the molecule is CCCCOc1ccc(S(=O)(=O)C2(C(=O)O)CCN(Cc3ccc(C)cc3)CC2)cc1. The van der Waals surface area contributed by atoms with Gasteiger partial charge in [-0.2, -0.15) is 0 Å². The number of aryl methyl sites for hydroxylation is 1. The molecule has 0 aliphatic carbocycles. The summed E-state index contributed by atoms with van der Waals surface area (Å²) in [4.78, 5) is 14.4. The smallest absolute Gasteiger partial charge is 0.325 e. The van der Waals surface area contributed by atoms with Gasteiger partial charge in [-0.3, -0.25) is 9.69 Å². The standard InChI is InChI=1S/C24H31NO5S/c1-3-4-17-30-21-9-11-22(12-10-21)31(28,29)24(23(26)27)13-15-25(16-14-24)18-20-7-5-19(2)6-8-20/h5-12H,3-4,13-18H2,1-2H3,(H,26,27). The van der Waals surface area contributed by atoms with Crippen molar-refractivity contribution in [1.82, 2.24) is 4.90 Å². The Morgan fingerprint density at radius 2 is 1.68 bits per heavy atom. The second-order valence-electron chi connectivity index (χ2n) is 8.24. The predicted molar refractivity (Wildman–Crippen MR) is 120 cm³/mol. The zero-order chi connectivity index (χ0) is 22.5. The second kappa shape index (κ2) is 9.83. The van der Waals surface area contributed by atoms with Crippen molar-refractivity contribution in [1.29, 1.82) is 0 Å². The topological polar surface area (TPSA) is 83.9 Å². The average molecular weight is 446 g/mol. The highest BCUT2D eigenvalue weighted by Crippen LogP contribution is 2.37. The van der Waals surface area contributed by atoms with E-state index in [0.29, 0.717) is 32.0 Å². The number of piperidine rings is 1. The third-order valence-electron chi connectivity index (χ3n) is 6.00. The number of carboxylic acids is 1. The van der Waals surface area contributed by atoms with Crippen LogP contribution in [0, 0.1) is 6.92 Å². The summed E-state index contributed by atoms with van der Waals surface area (Å²) >= 11 is 0. The zero-order valence-electron chi connectivity index (χ0n) is 18.2. The van der Waals surface area contributed by atoms with Gasteiger partial charge in [0.1, 0.15) is 5.75 Å². The van der Waals surface area contributed by atoms with Gasteiger partial charge in [-0.25, -0.2) is 8.42 Å². The van der Waals surface area contributed by atoms with Gasteiger partial charge in [-0.05, 0) is 56.0 Å². The number of hydrogen-bond donors (Lipinski definition) is 1. The van der Waals surface area contributed by atoms with Gasteiger partial charge in [-0.1, -0.05) is 43.2 Å². The number of rotatable bonds is 9. The number of unbranched alkanes of at least 4 members (excludes halogenated alkanes) is 1. The largest absolute Gasteiger partial charge is 0.494 e. The van der Waals surface area contributed by atoms with Crippen molar-refractivity contribution in [3.8, 4) is 5.75 Å². The van der Waals surface area contributed by atoms with Crippen LogP contribution in [-0.2, 0) is 21.2 Å². The molecule has 0 radical (unpaired) electrons. The summed E-state index contributed by atoms with van der Waals surface area (Å²) < 4.78 is 30.6. The lowest BCUT2D eigenvalue weighted by molar-refractivity contribution is -0.141. The first-order chi connectivity index (χ1) is 14.8. The Labute approximate surface area is 184 Å². The fourth-order valence-electron chi connectivity index (χ4n) is 3.90. The van der Waals surface area contributed by atoms with E-state index in [1.807, 2.05) is 19.1 Å². The Balaban J connectivity index is 1.73. The molecule has 31 heavy (non-hydrogen) atoms. The van der Waals surface area contributed by atoms with Gasteiger partial charge in [0.15, 0.2) is 14.6 Å². The molecule has 3 rings (SSSR count). The minimum absolute atomic E-state index is 0.0322. The van der Waals surface area contributed by atoms with Crippen molar-refractivity contribution >= 4 is 15.8 Å². The lowest BCUT2D eigenvalue weighted by Gasteiger charge is -2.38. The Bertz CT molecular complexity index is 976. The quantitative estimate of drug-likeness (QED) is 0.586. The van der Waals surface area contributed by atoms with Crippen LogP contribution in [0.5, 0.6) is 5.75 Å². The molecular formula is C24H31NO5S. The van der Waals surface area contributed by atoms with Gasteiger partial charge in [-0.15, -0.1) is 0 Å². The van der Waals surface area contributed by atoms with Crippen LogP contribution in [0.4, 0.5) is 0 Å². The average Bonchev–Trinajstić information content (AvgIpc) is 2.76. The van der Waals surface area contributed by atoms with Crippen molar-refractivity contribution in [3.05, 3.63) is 59.7 Å². The maximum absolute atomic E-state index is 13.4. The first-order valence-electron chi connectivity index (χ1n) is 10.8. The van der Waals surface area contributed by atoms with Gasteiger partial charge in [0, 0.05) is 19.6 Å². The van der Waals surface area contributed by atoms with Crippen molar-refractivity contribution in [3.63, 3.8) is 0 Å². The van der Waals surface area contributed by atoms with Gasteiger partial charge in [0.2, 0.25) is 0 Å². The molecular weight excluding hydrogens is 414 g/mol. The molecule has 168 valence electrons. The van der Waals surface area contributed by atoms with Crippen LogP contribution in [0.25, 0.3) is 0 Å². The molecule has 2 aromatic carbocycles. The third kappa shape index (κ3) is 5.10. The van der Waals surface area contributed by atoms with E-state index in [4.69, 9.17) is 4.74 Å². The van der Waals surface area contributed by atoms with Gasteiger partial charge >= 0.3 is 5.97 Å². The number of aliphatic carboxylic acids is 1. The maximum Gasteiger partial charge on any atom is 0.325 e. The van der Waals surface area contributed by atoms with Crippen molar-refractivity contribution in [2.45, 2.75) is 55.7 Å². The van der Waals surface area contributed by atoms with E-state index in [2.05, 4.69) is 24.0 Å². The molecule has 1 N–H and O–H groups in total. The summed E-state index contributed by atoms with van der Waals surface area (Å²) in [5.41, 5.74) is 2.31. The molecule has 1 fully saturated rings. The lowest BCUT2D eigenvalue weighted by Crippen LogP contribution is -2.54. The summed E-state index contributed by atoms with van der Waals surface area (Å²) in [6.07, 6.45) is 2.05. The molecule has 7 heteroatoms. The summed E-state index contributed by atoms with van der Waals surface area (Å²) in [6.45, 7) is 6.17. The normalized spacial score (nSPS) is 16.7. The van der Waals surface area contributed by atoms with E-state index >= 15 is 0 Å². The fraction of sp³-hybridized carbons (Fsp3) is 0.458. The molecule has 0 atom stereocenters. The summed E-state index contributed by atoms with van der Waals surface area (Å²) in [6, 6.07) is 14.3. The number of benzene rings is 2. The molecule has 0 aromatic heterocycles. The molecule has 1 aliphatic rings. The molecule has 6 nitrogen and oxygen atoms in total. The van der Waals surface area contributed by atoms with Gasteiger partial charge < -0.3 is 9.84 Å². The highest BCUT2D eigenvalue weighted by molar-refractivity contribution is 7.93. The minimum atomic E-state index is -4.05. The Kier molecular flexibility index (Phi) is 7.38. The van der Waals surface area contributed by atoms with E-state index < -0.39 is 20.6 Å². The van der Waals surface area contributed by atoms with Crippen LogP contribution in [0.1, 0.15) is 43.7 Å². The third-order valence-corrected chi connectivity index (χ3v) is 8.50. The van der Waals surface area contributed by atoms with Crippen LogP contribution < -0.4 is 4.74 Å². The van der Waals surface area contributed by atoms with E-state index in [9.17, 15) is 18.3 Å². The number of carboxylic acid groups (broad SMARTS) is 1. The van der Waals surface area contributed by atoms with E-state index in [-0.39, 0.29) is 17.7 Å². The fourth-order valence-corrected chi connectivity index (χ4v) is 5.79. The molecule has 0 saturated carbocycles. The molecule has 1 aliphatic heterocycles. The Hall–Kier alpha value is -2.38. The number of carbonyl (C=O) groups is 1. The molecule has 1 heterocycles. The first-order valence-corrected chi connectivity index (χ1v) is 12.3. The predicted octanol–water partition coefficient (Wildman–Crippen LogP) is 4.07. The summed E-state index contributed by atoms with van der Waals surface area (Å²) in [5.74, 6) is -0.685. The van der Waals surface area contributed by atoms with Gasteiger partial charge in [0.05, 0.1) is 11.5 Å². The van der Waals surface area contributed by atoms with Crippen LogP contribution in [0.3, 0.4) is 0 Å². The molecule has 0 bridgehead atoms. The molecule has 0 amide bonds. The van der Waals surface area contributed by atoms with Crippen LogP contribution in [0.15, 0.2) is 53.4 Å². The summed E-state index contributed by atoms with van der Waals surface area (Å²) in [5, 5.41) is 9.97. The van der Waals surface area contributed by atoms with Crippen LogP contribution in [0.2, 0.25) is 0 Å². The number of ether oxygens (including phenoxy) is 1. The Morgan fingerprint density at radius 1 is 1.06 bits per heavy atom. The number of hydrogen-bond acceptors (Lipinski definition) is 5. The minimum Gasteiger partial charge on any atom is -0.494 e. The van der Waals surface area contributed by atoms with E-state index in [1.165, 1.54) is 17.7 Å².